The summed E-state index contributed by atoms with van der Waals surface area (Å²) in [5.74, 6) is 0.320. The lowest BCUT2D eigenvalue weighted by molar-refractivity contribution is -0.759. The second-order valence-corrected chi connectivity index (χ2v) is 6.38. The molecule has 0 radical (unpaired) electrons. The fraction of sp³-hybridized carbons (Fsp3) is 0.500. The molecule has 1 aromatic carbocycles. The van der Waals surface area contributed by atoms with Crippen molar-refractivity contribution in [3.8, 4) is 0 Å². The number of hydrogen-bond donors (Lipinski definition) is 0. The highest BCUT2D eigenvalue weighted by atomic mass is 35.5. The van der Waals surface area contributed by atoms with E-state index >= 15 is 0 Å². The minimum atomic E-state index is 0. The molecule has 1 N–H and O–H groups in total. The first-order chi connectivity index (χ1) is 12.2. The van der Waals surface area contributed by atoms with E-state index < -0.39 is 0 Å². The van der Waals surface area contributed by atoms with Crippen molar-refractivity contribution in [2.24, 2.45) is 0 Å². The number of rotatable bonds is 8. The molecular weight excluding hydrogens is 389 g/mol. The molecule has 0 atom stereocenters. The third kappa shape index (κ3) is 7.01. The van der Waals surface area contributed by atoms with Crippen LogP contribution in [0.3, 0.4) is 0 Å². The zero-order valence-electron chi connectivity index (χ0n) is 15.2. The number of nitrogens with one attached hydrogen (secondary N) is 1. The number of ketones is 1. The molecule has 1 saturated heterocycles. The first kappa shape index (κ1) is 23.2. The van der Waals surface area contributed by atoms with Crippen molar-refractivity contribution < 1.29 is 14.1 Å². The molecule has 0 aliphatic carbocycles. The molecule has 9 heteroatoms. The van der Waals surface area contributed by atoms with E-state index in [9.17, 15) is 4.79 Å². The second kappa shape index (κ2) is 11.8. The molecule has 0 bridgehead atoms. The Labute approximate surface area is 172 Å². The van der Waals surface area contributed by atoms with Gasteiger partial charge in [-0.2, -0.15) is 5.01 Å². The maximum atomic E-state index is 12.0. The van der Waals surface area contributed by atoms with Crippen molar-refractivity contribution in [1.82, 2.24) is 10.2 Å². The van der Waals surface area contributed by atoms with E-state index in [1.165, 1.54) is 0 Å². The van der Waals surface area contributed by atoms with Crippen LogP contribution in [-0.2, 0) is 0 Å². The molecule has 150 valence electrons. The number of aromatic nitrogens is 2. The minimum absolute atomic E-state index is 0. The summed E-state index contributed by atoms with van der Waals surface area (Å²) in [5, 5.41) is 5.90. The Bertz CT molecular complexity index is 675. The van der Waals surface area contributed by atoms with Crippen molar-refractivity contribution in [3.05, 3.63) is 47.8 Å². The topological polar surface area (TPSA) is 77.3 Å². The van der Waals surface area contributed by atoms with Gasteiger partial charge in [-0.3, -0.25) is 9.69 Å². The number of hydrogen-bond acceptors (Lipinski definition) is 5. The Balaban J connectivity index is 0.00000182. The van der Waals surface area contributed by atoms with Crippen LogP contribution in [0.2, 0.25) is 0 Å². The van der Waals surface area contributed by atoms with Gasteiger partial charge in [0, 0.05) is 25.1 Å². The van der Waals surface area contributed by atoms with Crippen LogP contribution in [0.1, 0.15) is 36.0 Å². The number of carbonyl (C=O) groups excluding carboxylic acids is 1. The van der Waals surface area contributed by atoms with Gasteiger partial charge in [0.05, 0.1) is 17.9 Å². The fourth-order valence-electron chi connectivity index (χ4n) is 3.10. The number of halogens is 2. The van der Waals surface area contributed by atoms with Crippen LogP contribution in [-0.4, -0.2) is 48.7 Å². The summed E-state index contributed by atoms with van der Waals surface area (Å²) >= 11 is 0. The Hall–Kier alpha value is -1.83. The second-order valence-electron chi connectivity index (χ2n) is 6.38. The van der Waals surface area contributed by atoms with Gasteiger partial charge in [-0.1, -0.05) is 36.8 Å². The molecule has 1 aromatic heterocycles. The normalized spacial score (nSPS) is 14.3. The SMILES string of the molecule is Cl.Cl.[NH-]c1c[n+](N2CCN(CCCCCC(=O)c3ccccc3)CC2)no1. The molecular formula is C18H27Cl2N5O2. The predicted octanol–water partition coefficient (Wildman–Crippen LogP) is 3.19. The van der Waals surface area contributed by atoms with Crippen molar-refractivity contribution in [2.75, 3.05) is 37.7 Å². The largest absolute Gasteiger partial charge is 0.660 e. The van der Waals surface area contributed by atoms with E-state index in [2.05, 4.69) is 15.2 Å². The van der Waals surface area contributed by atoms with E-state index in [0.29, 0.717) is 6.42 Å². The Kier molecular flexibility index (Phi) is 10.1. The number of Topliss-reactive ketones (excluding diaryl/α,β-unsaturated/α-hetero) is 1. The summed E-state index contributed by atoms with van der Waals surface area (Å²) in [6.07, 6.45) is 5.37. The zero-order chi connectivity index (χ0) is 17.5. The maximum absolute atomic E-state index is 12.0. The van der Waals surface area contributed by atoms with E-state index in [-0.39, 0.29) is 36.5 Å². The molecule has 3 rings (SSSR count). The van der Waals surface area contributed by atoms with Gasteiger partial charge in [0.25, 0.3) is 6.20 Å². The number of piperazine rings is 1. The predicted molar refractivity (Wildman–Crippen MR) is 109 cm³/mol. The average molecular weight is 416 g/mol. The summed E-state index contributed by atoms with van der Waals surface area (Å²) in [6, 6.07) is 9.53. The highest BCUT2D eigenvalue weighted by molar-refractivity contribution is 5.95. The molecule has 1 fully saturated rings. The van der Waals surface area contributed by atoms with Crippen LogP contribution in [0, 0.1) is 0 Å². The monoisotopic (exact) mass is 415 g/mol. The van der Waals surface area contributed by atoms with Crippen LogP contribution in [0.25, 0.3) is 5.73 Å². The number of benzene rings is 1. The van der Waals surface area contributed by atoms with Gasteiger partial charge in [-0.15, -0.1) is 24.8 Å². The van der Waals surface area contributed by atoms with Gasteiger partial charge in [-0.25, -0.2) is 0 Å². The average Bonchev–Trinajstić information content (AvgIpc) is 3.09. The molecule has 1 aliphatic rings. The molecule has 2 aromatic rings. The van der Waals surface area contributed by atoms with Crippen LogP contribution in [0.5, 0.6) is 0 Å². The van der Waals surface area contributed by atoms with Crippen LogP contribution in [0.15, 0.2) is 41.1 Å². The molecule has 7 nitrogen and oxygen atoms in total. The van der Waals surface area contributed by atoms with Crippen molar-refractivity contribution in [2.45, 2.75) is 25.7 Å². The number of nitrogens with zero attached hydrogens (tertiary/aromatic N) is 4. The summed E-state index contributed by atoms with van der Waals surface area (Å²) in [5.41, 5.74) is 8.20. The quantitative estimate of drug-likeness (QED) is 0.375. The van der Waals surface area contributed by atoms with Gasteiger partial charge < -0.3 is 10.3 Å². The van der Waals surface area contributed by atoms with Crippen LogP contribution in [0.4, 0.5) is 5.88 Å². The standard InChI is InChI=1S/C18H25N5O2.2ClH/c19-18-15-23(20-25-18)22-13-11-21(12-14-22)10-6-2-5-9-17(24)16-7-3-1-4-8-16;;/h1,3-4,7-8,15H,2,5-6,9-14H2,(H-,19,20);2*1H. The summed E-state index contributed by atoms with van der Waals surface area (Å²) in [6.45, 7) is 4.79. The van der Waals surface area contributed by atoms with Gasteiger partial charge in [-0.05, 0) is 19.4 Å². The highest BCUT2D eigenvalue weighted by Gasteiger charge is 2.24. The first-order valence-electron chi connectivity index (χ1n) is 8.88. The molecule has 2 heterocycles. The number of carbonyl (C=O) groups is 1. The minimum Gasteiger partial charge on any atom is -0.660 e. The lowest BCUT2D eigenvalue weighted by Gasteiger charge is -2.29. The molecule has 0 unspecified atom stereocenters. The Morgan fingerprint density at radius 1 is 1.07 bits per heavy atom. The van der Waals surface area contributed by atoms with E-state index in [0.717, 1.165) is 57.5 Å². The van der Waals surface area contributed by atoms with Crippen molar-refractivity contribution in [1.29, 1.82) is 0 Å². The maximum Gasteiger partial charge on any atom is 0.256 e. The smallest absolute Gasteiger partial charge is 0.256 e. The Morgan fingerprint density at radius 2 is 1.78 bits per heavy atom. The lowest BCUT2D eigenvalue weighted by Crippen LogP contribution is -2.65. The first-order valence-corrected chi connectivity index (χ1v) is 8.88. The summed E-state index contributed by atoms with van der Waals surface area (Å²) < 4.78 is 4.78. The number of unbranched alkanes of at least 4 members (excludes halogenated alkanes) is 2. The van der Waals surface area contributed by atoms with Crippen molar-refractivity contribution in [3.63, 3.8) is 0 Å². The van der Waals surface area contributed by atoms with Gasteiger partial charge in [0.1, 0.15) is 5.88 Å². The highest BCUT2D eigenvalue weighted by Crippen LogP contribution is 2.09. The lowest BCUT2D eigenvalue weighted by atomic mass is 10.0. The van der Waals surface area contributed by atoms with E-state index in [4.69, 9.17) is 10.3 Å². The van der Waals surface area contributed by atoms with Gasteiger partial charge >= 0.3 is 0 Å². The zero-order valence-corrected chi connectivity index (χ0v) is 16.9. The van der Waals surface area contributed by atoms with Gasteiger partial charge in [0.2, 0.25) is 5.27 Å². The molecule has 0 amide bonds. The van der Waals surface area contributed by atoms with Crippen LogP contribution < -0.4 is 9.80 Å². The molecule has 0 spiro atoms. The van der Waals surface area contributed by atoms with Crippen molar-refractivity contribution >= 4 is 36.5 Å². The van der Waals surface area contributed by atoms with E-state index in [1.54, 1.807) is 11.0 Å². The third-order valence-electron chi connectivity index (χ3n) is 4.57. The summed E-state index contributed by atoms with van der Waals surface area (Å²) in [4.78, 5) is 16.1. The molecule has 1 aliphatic heterocycles. The van der Waals surface area contributed by atoms with Gasteiger partial charge in [0.15, 0.2) is 5.78 Å². The molecule has 27 heavy (non-hydrogen) atoms. The van der Waals surface area contributed by atoms with E-state index in [1.807, 2.05) is 30.3 Å². The fourth-order valence-corrected chi connectivity index (χ4v) is 3.10. The summed E-state index contributed by atoms with van der Waals surface area (Å²) in [7, 11) is 0. The molecule has 0 saturated carbocycles. The third-order valence-corrected chi connectivity index (χ3v) is 4.57. The Morgan fingerprint density at radius 3 is 2.41 bits per heavy atom. The van der Waals surface area contributed by atoms with Crippen LogP contribution >= 0.6 is 24.8 Å².